The molecule has 0 radical (unpaired) electrons. The van der Waals surface area contributed by atoms with Gasteiger partial charge in [0.25, 0.3) is 0 Å². The first-order chi connectivity index (χ1) is 12.5. The Morgan fingerprint density at radius 1 is 1.15 bits per heavy atom. The largest absolute Gasteiger partial charge is 0.481 e. The number of carboxylic acids is 1. The van der Waals surface area contributed by atoms with Gasteiger partial charge in [-0.15, -0.1) is 0 Å². The van der Waals surface area contributed by atoms with Crippen LogP contribution >= 0.6 is 11.6 Å². The standard InChI is InChI=1S/C17H10ClF3O5S/c18-10-5-7(17(19,20)21)1-4-11(10)26-8-2-3-9-12(6-8)27(24,25)15-13(9)14(15)16(22)23/h1-6,13-15H,(H,22,23). The lowest BCUT2D eigenvalue weighted by Crippen LogP contribution is -2.13. The topological polar surface area (TPSA) is 80.7 Å². The average Bonchev–Trinajstić information content (AvgIpc) is 3.27. The van der Waals surface area contributed by atoms with E-state index in [1.165, 1.54) is 18.2 Å². The van der Waals surface area contributed by atoms with E-state index in [9.17, 15) is 26.4 Å². The quantitative estimate of drug-likeness (QED) is 0.811. The van der Waals surface area contributed by atoms with Crippen LogP contribution in [0.4, 0.5) is 13.2 Å². The van der Waals surface area contributed by atoms with Crippen molar-refractivity contribution in [2.45, 2.75) is 22.2 Å². The predicted octanol–water partition coefficient (Wildman–Crippen LogP) is 4.11. The summed E-state index contributed by atoms with van der Waals surface area (Å²) >= 11 is 5.83. The summed E-state index contributed by atoms with van der Waals surface area (Å²) in [6.07, 6.45) is -4.55. The van der Waals surface area contributed by atoms with Crippen LogP contribution in [0.5, 0.6) is 11.5 Å². The van der Waals surface area contributed by atoms with Crippen LogP contribution < -0.4 is 4.74 Å². The number of ether oxygens (including phenoxy) is 1. The maximum absolute atomic E-state index is 12.7. The molecule has 1 saturated carbocycles. The first kappa shape index (κ1) is 18.1. The van der Waals surface area contributed by atoms with Crippen LogP contribution in [-0.4, -0.2) is 24.7 Å². The molecule has 10 heteroatoms. The zero-order valence-electron chi connectivity index (χ0n) is 13.2. The van der Waals surface area contributed by atoms with Crippen molar-refractivity contribution in [2.75, 3.05) is 0 Å². The van der Waals surface area contributed by atoms with E-state index in [4.69, 9.17) is 21.4 Å². The van der Waals surface area contributed by atoms with Gasteiger partial charge in [0, 0.05) is 5.92 Å². The monoisotopic (exact) mass is 418 g/mol. The third-order valence-electron chi connectivity index (χ3n) is 4.74. The second-order valence-electron chi connectivity index (χ2n) is 6.34. The van der Waals surface area contributed by atoms with Crippen LogP contribution in [0.25, 0.3) is 0 Å². The maximum atomic E-state index is 12.7. The lowest BCUT2D eigenvalue weighted by Gasteiger charge is -2.12. The molecule has 142 valence electrons. The molecule has 0 saturated heterocycles. The molecule has 1 heterocycles. The van der Waals surface area contributed by atoms with Crippen molar-refractivity contribution in [2.24, 2.45) is 5.92 Å². The fourth-order valence-electron chi connectivity index (χ4n) is 3.47. The summed E-state index contributed by atoms with van der Waals surface area (Å²) in [5, 5.41) is 7.84. The zero-order chi connectivity index (χ0) is 19.7. The first-order valence-electron chi connectivity index (χ1n) is 7.67. The Bertz CT molecular complexity index is 1080. The van der Waals surface area contributed by atoms with Gasteiger partial charge in [0.05, 0.1) is 26.6 Å². The fraction of sp³-hybridized carbons (Fsp3) is 0.235. The number of fused-ring (bicyclic) bond motifs is 3. The second-order valence-corrected chi connectivity index (χ2v) is 8.83. The van der Waals surface area contributed by atoms with Gasteiger partial charge in [0.1, 0.15) is 11.5 Å². The molecule has 0 spiro atoms. The van der Waals surface area contributed by atoms with Crippen LogP contribution in [0.2, 0.25) is 5.02 Å². The molecule has 3 unspecified atom stereocenters. The van der Waals surface area contributed by atoms with Crippen molar-refractivity contribution < 1.29 is 36.2 Å². The summed E-state index contributed by atoms with van der Waals surface area (Å²) in [6, 6.07) is 6.70. The van der Waals surface area contributed by atoms with Crippen LogP contribution in [0.1, 0.15) is 17.0 Å². The van der Waals surface area contributed by atoms with E-state index in [0.717, 1.165) is 12.1 Å². The number of rotatable bonds is 3. The summed E-state index contributed by atoms with van der Waals surface area (Å²) < 4.78 is 68.5. The normalized spacial score (nSPS) is 24.8. The summed E-state index contributed by atoms with van der Waals surface area (Å²) in [4.78, 5) is 11.1. The number of hydrogen-bond acceptors (Lipinski definition) is 4. The minimum absolute atomic E-state index is 0.0180. The van der Waals surface area contributed by atoms with E-state index in [1.54, 1.807) is 0 Å². The van der Waals surface area contributed by atoms with Gasteiger partial charge in [0.15, 0.2) is 9.84 Å². The van der Waals surface area contributed by atoms with E-state index in [2.05, 4.69) is 0 Å². The molecule has 27 heavy (non-hydrogen) atoms. The Balaban J connectivity index is 1.65. The minimum Gasteiger partial charge on any atom is -0.481 e. The van der Waals surface area contributed by atoms with E-state index in [-0.39, 0.29) is 21.4 Å². The van der Waals surface area contributed by atoms with Crippen molar-refractivity contribution in [1.29, 1.82) is 0 Å². The van der Waals surface area contributed by atoms with Crippen molar-refractivity contribution in [3.63, 3.8) is 0 Å². The van der Waals surface area contributed by atoms with Crippen molar-refractivity contribution in [1.82, 2.24) is 0 Å². The van der Waals surface area contributed by atoms with Gasteiger partial charge in [0.2, 0.25) is 0 Å². The molecular formula is C17H10ClF3O5S. The maximum Gasteiger partial charge on any atom is 0.416 e. The van der Waals surface area contributed by atoms with E-state index in [0.29, 0.717) is 11.6 Å². The number of carboxylic acid groups (broad SMARTS) is 1. The second kappa shape index (κ2) is 5.62. The Kier molecular flexibility index (Phi) is 3.77. The van der Waals surface area contributed by atoms with Gasteiger partial charge in [-0.1, -0.05) is 17.7 Å². The van der Waals surface area contributed by atoms with Gasteiger partial charge in [-0.25, -0.2) is 8.42 Å². The molecule has 5 nitrogen and oxygen atoms in total. The van der Waals surface area contributed by atoms with Crippen molar-refractivity contribution in [3.8, 4) is 11.5 Å². The third kappa shape index (κ3) is 2.76. The van der Waals surface area contributed by atoms with E-state index < -0.39 is 44.6 Å². The summed E-state index contributed by atoms with van der Waals surface area (Å²) in [6.45, 7) is 0. The molecule has 1 aliphatic carbocycles. The van der Waals surface area contributed by atoms with Gasteiger partial charge >= 0.3 is 12.1 Å². The van der Waals surface area contributed by atoms with Crippen LogP contribution in [0.3, 0.4) is 0 Å². The average molecular weight is 419 g/mol. The van der Waals surface area contributed by atoms with Gasteiger partial charge in [-0.3, -0.25) is 4.79 Å². The highest BCUT2D eigenvalue weighted by Gasteiger charge is 2.68. The smallest absolute Gasteiger partial charge is 0.416 e. The summed E-state index contributed by atoms with van der Waals surface area (Å²) in [7, 11) is -3.80. The molecule has 2 aromatic carbocycles. The van der Waals surface area contributed by atoms with Crippen LogP contribution in [0.15, 0.2) is 41.3 Å². The Morgan fingerprint density at radius 2 is 1.85 bits per heavy atom. The van der Waals surface area contributed by atoms with Crippen LogP contribution in [0, 0.1) is 5.92 Å². The summed E-state index contributed by atoms with van der Waals surface area (Å²) in [5.41, 5.74) is -0.519. The highest BCUT2D eigenvalue weighted by molar-refractivity contribution is 7.93. The molecule has 0 aromatic heterocycles. The van der Waals surface area contributed by atoms with Crippen molar-refractivity contribution in [3.05, 3.63) is 52.5 Å². The number of hydrogen-bond donors (Lipinski definition) is 1. The molecule has 2 aliphatic rings. The number of sulfone groups is 1. The predicted molar refractivity (Wildman–Crippen MR) is 87.8 cm³/mol. The number of carbonyl (C=O) groups is 1. The fourth-order valence-corrected chi connectivity index (χ4v) is 6.08. The number of benzene rings is 2. The van der Waals surface area contributed by atoms with Gasteiger partial charge in [-0.05, 0) is 35.9 Å². The zero-order valence-corrected chi connectivity index (χ0v) is 14.8. The molecule has 1 aliphatic heterocycles. The highest BCUT2D eigenvalue weighted by atomic mass is 35.5. The summed E-state index contributed by atoms with van der Waals surface area (Å²) in [5.74, 6) is -2.67. The Morgan fingerprint density at radius 3 is 2.44 bits per heavy atom. The minimum atomic E-state index is -4.55. The number of aliphatic carboxylic acids is 1. The highest BCUT2D eigenvalue weighted by Crippen LogP contribution is 2.61. The molecule has 1 fully saturated rings. The molecule has 1 N–H and O–H groups in total. The van der Waals surface area contributed by atoms with Crippen molar-refractivity contribution >= 4 is 27.4 Å². The third-order valence-corrected chi connectivity index (χ3v) is 7.30. The molecule has 2 aromatic rings. The first-order valence-corrected chi connectivity index (χ1v) is 9.59. The molecule has 4 rings (SSSR count). The lowest BCUT2D eigenvalue weighted by atomic mass is 10.1. The Labute approximate surface area is 156 Å². The Hall–Kier alpha value is -2.26. The number of halogens is 4. The SMILES string of the molecule is O=C(O)C1C2c3ccc(Oc4ccc(C(F)(F)F)cc4Cl)cc3S(=O)(=O)C12. The van der Waals surface area contributed by atoms with Crippen LogP contribution in [-0.2, 0) is 20.8 Å². The molecule has 0 amide bonds. The van der Waals surface area contributed by atoms with E-state index in [1.807, 2.05) is 0 Å². The van der Waals surface area contributed by atoms with Gasteiger partial charge in [-0.2, -0.15) is 13.2 Å². The molecule has 3 atom stereocenters. The molecule has 0 bridgehead atoms. The van der Waals surface area contributed by atoms with E-state index >= 15 is 0 Å². The lowest BCUT2D eigenvalue weighted by molar-refractivity contribution is -0.139. The molecular weight excluding hydrogens is 409 g/mol. The van der Waals surface area contributed by atoms with Gasteiger partial charge < -0.3 is 9.84 Å². The number of alkyl halides is 3.